The molecule has 0 spiro atoms. The monoisotopic (exact) mass is 323 g/mol. The van der Waals surface area contributed by atoms with Gasteiger partial charge < -0.3 is 16.2 Å². The van der Waals surface area contributed by atoms with Gasteiger partial charge in [0.25, 0.3) is 0 Å². The summed E-state index contributed by atoms with van der Waals surface area (Å²) in [6, 6.07) is 5.70. The van der Waals surface area contributed by atoms with E-state index in [2.05, 4.69) is 33.2 Å². The van der Waals surface area contributed by atoms with Crippen LogP contribution in [0.25, 0.3) is 10.9 Å². The third-order valence-corrected chi connectivity index (χ3v) is 3.43. The summed E-state index contributed by atoms with van der Waals surface area (Å²) < 4.78 is 0.898. The highest BCUT2D eigenvalue weighted by Crippen LogP contribution is 2.28. The zero-order chi connectivity index (χ0) is 13.8. The van der Waals surface area contributed by atoms with Crippen LogP contribution in [-0.2, 0) is 0 Å². The van der Waals surface area contributed by atoms with Crippen LogP contribution in [0.15, 0.2) is 28.9 Å². The van der Waals surface area contributed by atoms with Crippen molar-refractivity contribution < 1.29 is 5.11 Å². The number of benzene rings is 1. The summed E-state index contributed by atoms with van der Waals surface area (Å²) in [6.07, 6.45) is 3.17. The number of aliphatic hydroxyl groups is 1. The fourth-order valence-corrected chi connectivity index (χ4v) is 2.35. The van der Waals surface area contributed by atoms with E-state index in [0.29, 0.717) is 12.2 Å². The molecule has 0 radical (unpaired) electrons. The van der Waals surface area contributed by atoms with Crippen LogP contribution in [0, 0.1) is 0 Å². The Bertz CT molecular complexity index is 574. The summed E-state index contributed by atoms with van der Waals surface area (Å²) in [7, 11) is 0. The number of aromatic nitrogens is 1. The number of rotatable bonds is 5. The Balaban J connectivity index is 2.26. The summed E-state index contributed by atoms with van der Waals surface area (Å²) >= 11 is 3.40. The van der Waals surface area contributed by atoms with E-state index in [9.17, 15) is 5.11 Å². The lowest BCUT2D eigenvalue weighted by Gasteiger charge is -2.14. The number of nitrogen functional groups attached to an aromatic ring is 1. The van der Waals surface area contributed by atoms with Crippen molar-refractivity contribution in [3.63, 3.8) is 0 Å². The van der Waals surface area contributed by atoms with Crippen LogP contribution in [0.5, 0.6) is 0 Å². The third-order valence-electron chi connectivity index (χ3n) is 3.00. The van der Waals surface area contributed by atoms with Crippen LogP contribution in [0.1, 0.15) is 19.8 Å². The van der Waals surface area contributed by atoms with Crippen LogP contribution < -0.4 is 11.1 Å². The van der Waals surface area contributed by atoms with Crippen molar-refractivity contribution in [2.75, 3.05) is 17.6 Å². The van der Waals surface area contributed by atoms with Gasteiger partial charge in [-0.05, 0) is 40.5 Å². The fourth-order valence-electron chi connectivity index (χ4n) is 2.02. The molecular weight excluding hydrogens is 306 g/mol. The van der Waals surface area contributed by atoms with Crippen LogP contribution in [0.2, 0.25) is 0 Å². The van der Waals surface area contributed by atoms with Gasteiger partial charge >= 0.3 is 0 Å². The number of halogens is 1. The first kappa shape index (κ1) is 14.1. The molecule has 1 aromatic carbocycles. The predicted octanol–water partition coefficient (Wildman–Crippen LogP) is 3.15. The first-order chi connectivity index (χ1) is 9.11. The molecule has 1 unspecified atom stereocenters. The maximum atomic E-state index is 9.77. The Labute approximate surface area is 121 Å². The summed E-state index contributed by atoms with van der Waals surface area (Å²) in [4.78, 5) is 4.39. The molecule has 1 atom stereocenters. The number of fused-ring (bicyclic) bond motifs is 1. The first-order valence-electron chi connectivity index (χ1n) is 6.37. The van der Waals surface area contributed by atoms with Crippen LogP contribution >= 0.6 is 15.9 Å². The number of pyridine rings is 1. The molecule has 19 heavy (non-hydrogen) atoms. The highest BCUT2D eigenvalue weighted by molar-refractivity contribution is 9.10. The number of anilines is 2. The minimum absolute atomic E-state index is 0.340. The molecule has 1 heterocycles. The quantitative estimate of drug-likeness (QED) is 0.739. The zero-order valence-corrected chi connectivity index (χ0v) is 12.4. The predicted molar refractivity (Wildman–Crippen MR) is 83.3 cm³/mol. The summed E-state index contributed by atoms with van der Waals surface area (Å²) in [5.74, 6) is 0. The second-order valence-corrected chi connectivity index (χ2v) is 5.49. The number of aliphatic hydroxyl groups excluding tert-OH is 1. The molecule has 0 aliphatic heterocycles. The van der Waals surface area contributed by atoms with Gasteiger partial charge in [0.1, 0.15) is 0 Å². The number of nitrogens with two attached hydrogens (primary N) is 1. The molecular formula is C14H18BrN3O. The minimum atomic E-state index is -0.340. The molecule has 1 aromatic heterocycles. The number of hydrogen-bond donors (Lipinski definition) is 3. The minimum Gasteiger partial charge on any atom is -0.398 e. The Kier molecular flexibility index (Phi) is 4.61. The lowest BCUT2D eigenvalue weighted by molar-refractivity contribution is 0.176. The van der Waals surface area contributed by atoms with Crippen molar-refractivity contribution in [3.8, 4) is 0 Å². The van der Waals surface area contributed by atoms with Gasteiger partial charge in [0.05, 0.1) is 17.3 Å². The van der Waals surface area contributed by atoms with Crippen molar-refractivity contribution in [3.05, 3.63) is 28.9 Å². The second-order valence-electron chi connectivity index (χ2n) is 4.58. The third kappa shape index (κ3) is 3.36. The van der Waals surface area contributed by atoms with Gasteiger partial charge in [-0.1, -0.05) is 13.3 Å². The molecule has 102 valence electrons. The van der Waals surface area contributed by atoms with Crippen LogP contribution in [0.3, 0.4) is 0 Å². The molecule has 0 aliphatic rings. The van der Waals surface area contributed by atoms with E-state index >= 15 is 0 Å². The van der Waals surface area contributed by atoms with Gasteiger partial charge in [-0.25, -0.2) is 0 Å². The lowest BCUT2D eigenvalue weighted by Crippen LogP contribution is -2.19. The Morgan fingerprint density at radius 1 is 1.47 bits per heavy atom. The maximum absolute atomic E-state index is 9.77. The standard InChI is InChI=1S/C14H18BrN3O/c1-2-3-10(19)8-17-13-5-4-12(16)11-6-9(15)7-18-14(11)13/h4-7,10,17,19H,2-3,8,16H2,1H3. The number of nitrogens with one attached hydrogen (secondary N) is 1. The van der Waals surface area contributed by atoms with Crippen LogP contribution in [0.4, 0.5) is 11.4 Å². The van der Waals surface area contributed by atoms with Crippen LogP contribution in [-0.4, -0.2) is 22.7 Å². The average Bonchev–Trinajstić information content (AvgIpc) is 2.39. The lowest BCUT2D eigenvalue weighted by atomic mass is 10.1. The number of nitrogens with zero attached hydrogens (tertiary/aromatic N) is 1. The molecule has 4 N–H and O–H groups in total. The van der Waals surface area contributed by atoms with Gasteiger partial charge in [0.15, 0.2) is 0 Å². The molecule has 0 bridgehead atoms. The van der Waals surface area contributed by atoms with Gasteiger partial charge in [-0.15, -0.1) is 0 Å². The van der Waals surface area contributed by atoms with E-state index in [1.807, 2.05) is 18.2 Å². The molecule has 2 rings (SSSR count). The zero-order valence-electron chi connectivity index (χ0n) is 10.9. The highest BCUT2D eigenvalue weighted by atomic mass is 79.9. The topological polar surface area (TPSA) is 71.2 Å². The average molecular weight is 324 g/mol. The van der Waals surface area contributed by atoms with E-state index in [0.717, 1.165) is 33.9 Å². The SMILES string of the molecule is CCCC(O)CNc1ccc(N)c2cc(Br)cnc12. The Hall–Kier alpha value is -1.33. The number of hydrogen-bond acceptors (Lipinski definition) is 4. The van der Waals surface area contributed by atoms with E-state index in [1.165, 1.54) is 0 Å². The van der Waals surface area contributed by atoms with Gasteiger partial charge in [0, 0.05) is 28.3 Å². The summed E-state index contributed by atoms with van der Waals surface area (Å²) in [6.45, 7) is 2.57. The highest BCUT2D eigenvalue weighted by Gasteiger charge is 2.08. The molecule has 4 nitrogen and oxygen atoms in total. The van der Waals surface area contributed by atoms with Gasteiger partial charge in [0.2, 0.25) is 0 Å². The molecule has 0 saturated carbocycles. The molecule has 0 saturated heterocycles. The molecule has 0 fully saturated rings. The Morgan fingerprint density at radius 2 is 2.26 bits per heavy atom. The van der Waals surface area contributed by atoms with Crippen molar-refractivity contribution in [2.45, 2.75) is 25.9 Å². The normalized spacial score (nSPS) is 12.6. The van der Waals surface area contributed by atoms with E-state index in [4.69, 9.17) is 5.73 Å². The second kappa shape index (κ2) is 6.21. The Morgan fingerprint density at radius 3 is 3.00 bits per heavy atom. The van der Waals surface area contributed by atoms with E-state index < -0.39 is 0 Å². The van der Waals surface area contributed by atoms with Crippen molar-refractivity contribution in [1.82, 2.24) is 4.98 Å². The van der Waals surface area contributed by atoms with Gasteiger partial charge in [-0.2, -0.15) is 0 Å². The van der Waals surface area contributed by atoms with Gasteiger partial charge in [-0.3, -0.25) is 4.98 Å². The molecule has 0 amide bonds. The van der Waals surface area contributed by atoms with Crippen molar-refractivity contribution in [2.24, 2.45) is 0 Å². The molecule has 5 heteroatoms. The maximum Gasteiger partial charge on any atom is 0.0954 e. The fraction of sp³-hybridized carbons (Fsp3) is 0.357. The molecule has 0 aliphatic carbocycles. The largest absolute Gasteiger partial charge is 0.398 e. The smallest absolute Gasteiger partial charge is 0.0954 e. The van der Waals surface area contributed by atoms with Crippen molar-refractivity contribution in [1.29, 1.82) is 0 Å². The van der Waals surface area contributed by atoms with Crippen molar-refractivity contribution >= 4 is 38.2 Å². The molecule has 2 aromatic rings. The van der Waals surface area contributed by atoms with E-state index in [1.54, 1.807) is 6.20 Å². The summed E-state index contributed by atoms with van der Waals surface area (Å²) in [5.41, 5.74) is 8.38. The first-order valence-corrected chi connectivity index (χ1v) is 7.16. The van der Waals surface area contributed by atoms with E-state index in [-0.39, 0.29) is 6.10 Å². The summed E-state index contributed by atoms with van der Waals surface area (Å²) in [5, 5.41) is 13.9.